The normalized spacial score (nSPS) is 19.4. The minimum absolute atomic E-state index is 0.0604. The van der Waals surface area contributed by atoms with E-state index in [-0.39, 0.29) is 17.4 Å². The molecule has 2 unspecified atom stereocenters. The lowest BCUT2D eigenvalue weighted by Gasteiger charge is -2.35. The van der Waals surface area contributed by atoms with Gasteiger partial charge in [-0.05, 0) is 42.8 Å². The van der Waals surface area contributed by atoms with Gasteiger partial charge in [0.25, 0.3) is 0 Å². The largest absolute Gasteiger partial charge is 0.416 e. The van der Waals surface area contributed by atoms with E-state index in [0.29, 0.717) is 12.8 Å². The summed E-state index contributed by atoms with van der Waals surface area (Å²) < 4.78 is 78.6. The SMILES string of the molecule is CCCCCC1C(N=Nc2cccc(C(F)(F)F)c2)CC=NN1c1cccc(C(F)(F)F)c1. The molecule has 33 heavy (non-hydrogen) atoms. The van der Waals surface area contributed by atoms with Crippen molar-refractivity contribution in [1.82, 2.24) is 0 Å². The second-order valence-corrected chi connectivity index (χ2v) is 7.82. The Bertz CT molecular complexity index is 983. The summed E-state index contributed by atoms with van der Waals surface area (Å²) >= 11 is 0. The molecule has 0 fully saturated rings. The fourth-order valence-electron chi connectivity index (χ4n) is 3.66. The molecule has 0 saturated carbocycles. The Morgan fingerprint density at radius 3 is 2.27 bits per heavy atom. The lowest BCUT2D eigenvalue weighted by atomic mass is 9.97. The number of azo groups is 1. The minimum atomic E-state index is -4.49. The van der Waals surface area contributed by atoms with Crippen molar-refractivity contribution in [3.05, 3.63) is 59.7 Å². The van der Waals surface area contributed by atoms with Crippen LogP contribution in [0.3, 0.4) is 0 Å². The first-order chi connectivity index (χ1) is 15.6. The molecular weight excluding hydrogens is 446 g/mol. The van der Waals surface area contributed by atoms with Crippen molar-refractivity contribution >= 4 is 17.6 Å². The summed E-state index contributed by atoms with van der Waals surface area (Å²) in [7, 11) is 0. The van der Waals surface area contributed by atoms with E-state index in [4.69, 9.17) is 0 Å². The molecule has 0 saturated heterocycles. The highest BCUT2D eigenvalue weighted by atomic mass is 19.4. The van der Waals surface area contributed by atoms with Gasteiger partial charge in [0, 0.05) is 12.6 Å². The molecule has 178 valence electrons. The van der Waals surface area contributed by atoms with Crippen molar-refractivity contribution < 1.29 is 26.3 Å². The van der Waals surface area contributed by atoms with Crippen LogP contribution in [-0.2, 0) is 12.4 Å². The molecule has 0 bridgehead atoms. The molecule has 0 spiro atoms. The first-order valence-corrected chi connectivity index (χ1v) is 10.7. The molecule has 0 N–H and O–H groups in total. The average molecular weight is 470 g/mol. The Morgan fingerprint density at radius 1 is 0.939 bits per heavy atom. The third-order valence-corrected chi connectivity index (χ3v) is 5.35. The van der Waals surface area contributed by atoms with Crippen molar-refractivity contribution in [1.29, 1.82) is 0 Å². The number of unbranched alkanes of at least 4 members (excludes halogenated alkanes) is 2. The lowest BCUT2D eigenvalue weighted by molar-refractivity contribution is -0.138. The first kappa shape index (κ1) is 24.7. The second kappa shape index (κ2) is 10.4. The van der Waals surface area contributed by atoms with Crippen molar-refractivity contribution in [3.8, 4) is 0 Å². The Kier molecular flexibility index (Phi) is 7.76. The Balaban J connectivity index is 1.89. The topological polar surface area (TPSA) is 40.3 Å². The van der Waals surface area contributed by atoms with Gasteiger partial charge in [0.05, 0.1) is 34.6 Å². The molecule has 0 amide bonds. The molecular formula is C23H24F6N4. The van der Waals surface area contributed by atoms with E-state index in [1.807, 2.05) is 6.92 Å². The summed E-state index contributed by atoms with van der Waals surface area (Å²) in [6.45, 7) is 2.04. The number of anilines is 1. The van der Waals surface area contributed by atoms with E-state index in [2.05, 4.69) is 15.3 Å². The maximum absolute atomic E-state index is 13.2. The van der Waals surface area contributed by atoms with Gasteiger partial charge in [-0.3, -0.25) is 5.01 Å². The molecule has 1 aliphatic heterocycles. The van der Waals surface area contributed by atoms with E-state index in [1.165, 1.54) is 23.2 Å². The fraction of sp³-hybridized carbons (Fsp3) is 0.435. The molecule has 2 aromatic rings. The van der Waals surface area contributed by atoms with Crippen LogP contribution >= 0.6 is 0 Å². The van der Waals surface area contributed by atoms with Crippen LogP contribution in [0.1, 0.15) is 50.2 Å². The number of benzene rings is 2. The zero-order valence-corrected chi connectivity index (χ0v) is 17.9. The van der Waals surface area contributed by atoms with Gasteiger partial charge in [0.2, 0.25) is 0 Å². The number of rotatable bonds is 7. The van der Waals surface area contributed by atoms with Gasteiger partial charge in [-0.15, -0.1) is 0 Å². The molecule has 1 aliphatic rings. The third-order valence-electron chi connectivity index (χ3n) is 5.35. The number of halogens is 6. The van der Waals surface area contributed by atoms with E-state index in [0.717, 1.165) is 43.5 Å². The molecule has 4 nitrogen and oxygen atoms in total. The van der Waals surface area contributed by atoms with Crippen molar-refractivity contribution in [3.63, 3.8) is 0 Å². The highest BCUT2D eigenvalue weighted by Gasteiger charge is 2.34. The van der Waals surface area contributed by atoms with Crippen LogP contribution in [0.5, 0.6) is 0 Å². The molecule has 1 heterocycles. The quantitative estimate of drug-likeness (QED) is 0.229. The highest BCUT2D eigenvalue weighted by Crippen LogP contribution is 2.35. The van der Waals surface area contributed by atoms with Crippen LogP contribution in [0, 0.1) is 0 Å². The number of alkyl halides is 6. The third kappa shape index (κ3) is 6.55. The molecule has 10 heteroatoms. The summed E-state index contributed by atoms with van der Waals surface area (Å²) in [4.78, 5) is 0. The van der Waals surface area contributed by atoms with Crippen LogP contribution < -0.4 is 5.01 Å². The summed E-state index contributed by atoms with van der Waals surface area (Å²) in [6.07, 6.45) is -3.76. The summed E-state index contributed by atoms with van der Waals surface area (Å²) in [5, 5.41) is 14.2. The van der Waals surface area contributed by atoms with Gasteiger partial charge >= 0.3 is 12.4 Å². The molecule has 0 aliphatic carbocycles. The Hall–Kier alpha value is -2.91. The number of hydrogen-bond acceptors (Lipinski definition) is 4. The second-order valence-electron chi connectivity index (χ2n) is 7.82. The summed E-state index contributed by atoms with van der Waals surface area (Å²) in [5.41, 5.74) is -1.27. The Morgan fingerprint density at radius 2 is 1.61 bits per heavy atom. The van der Waals surface area contributed by atoms with Crippen LogP contribution in [0.25, 0.3) is 0 Å². The predicted molar refractivity (Wildman–Crippen MR) is 115 cm³/mol. The molecule has 0 radical (unpaired) electrons. The van der Waals surface area contributed by atoms with Crippen LogP contribution in [-0.4, -0.2) is 18.3 Å². The van der Waals surface area contributed by atoms with Crippen LogP contribution in [0.15, 0.2) is 63.9 Å². The standard InChI is InChI=1S/C23H24F6N4/c1-2-3-4-11-21-20(32-31-18-9-5-7-16(14-18)22(24,25)26)12-13-30-33(21)19-10-6-8-17(15-19)23(27,28)29/h5-10,13-15,20-21H,2-4,11-12H2,1H3. The van der Waals surface area contributed by atoms with Gasteiger partial charge < -0.3 is 0 Å². The number of hydrogen-bond donors (Lipinski definition) is 0. The summed E-state index contributed by atoms with van der Waals surface area (Å²) in [6, 6.07) is 8.61. The average Bonchev–Trinajstić information content (AvgIpc) is 2.77. The fourth-order valence-corrected chi connectivity index (χ4v) is 3.66. The van der Waals surface area contributed by atoms with E-state index < -0.39 is 29.5 Å². The molecule has 0 aromatic heterocycles. The van der Waals surface area contributed by atoms with Crippen molar-refractivity contribution in [2.75, 3.05) is 5.01 Å². The lowest BCUT2D eigenvalue weighted by Crippen LogP contribution is -2.43. The monoisotopic (exact) mass is 470 g/mol. The molecule has 2 atom stereocenters. The Labute approximate surface area is 188 Å². The van der Waals surface area contributed by atoms with E-state index in [1.54, 1.807) is 12.3 Å². The number of hydrazone groups is 1. The van der Waals surface area contributed by atoms with Gasteiger partial charge in [-0.2, -0.15) is 41.7 Å². The van der Waals surface area contributed by atoms with Gasteiger partial charge in [-0.1, -0.05) is 38.3 Å². The van der Waals surface area contributed by atoms with Gasteiger partial charge in [-0.25, -0.2) is 0 Å². The minimum Gasteiger partial charge on any atom is -0.261 e. The van der Waals surface area contributed by atoms with Gasteiger partial charge in [0.15, 0.2) is 0 Å². The van der Waals surface area contributed by atoms with Crippen LogP contribution in [0.2, 0.25) is 0 Å². The smallest absolute Gasteiger partial charge is 0.261 e. The first-order valence-electron chi connectivity index (χ1n) is 10.7. The predicted octanol–water partition coefficient (Wildman–Crippen LogP) is 8.02. The summed E-state index contributed by atoms with van der Waals surface area (Å²) in [5.74, 6) is 0. The van der Waals surface area contributed by atoms with E-state index in [9.17, 15) is 26.3 Å². The van der Waals surface area contributed by atoms with Crippen molar-refractivity contribution in [2.45, 2.75) is 63.5 Å². The molecule has 2 aromatic carbocycles. The van der Waals surface area contributed by atoms with Crippen molar-refractivity contribution in [2.24, 2.45) is 15.3 Å². The highest BCUT2D eigenvalue weighted by molar-refractivity contribution is 5.64. The van der Waals surface area contributed by atoms with E-state index >= 15 is 0 Å². The zero-order valence-electron chi connectivity index (χ0n) is 17.9. The molecule has 3 rings (SSSR count). The maximum atomic E-state index is 13.2. The van der Waals surface area contributed by atoms with Gasteiger partial charge in [0.1, 0.15) is 0 Å². The maximum Gasteiger partial charge on any atom is 0.416 e. The number of nitrogens with zero attached hydrogens (tertiary/aromatic N) is 4. The van der Waals surface area contributed by atoms with Crippen LogP contribution in [0.4, 0.5) is 37.7 Å². The zero-order chi connectivity index (χ0) is 24.1.